The highest BCUT2D eigenvalue weighted by Gasteiger charge is 2.20. The van der Waals surface area contributed by atoms with Gasteiger partial charge in [0.25, 0.3) is 0 Å². The van der Waals surface area contributed by atoms with Crippen LogP contribution in [0.4, 0.5) is 5.82 Å². The number of nitrogens with two attached hydrogens (primary N) is 1. The maximum absolute atomic E-state index is 5.87. The number of thiophene rings is 1. The molecule has 4 nitrogen and oxygen atoms in total. The van der Waals surface area contributed by atoms with E-state index >= 15 is 0 Å². The van der Waals surface area contributed by atoms with Crippen molar-refractivity contribution in [2.75, 3.05) is 5.73 Å². The Bertz CT molecular complexity index is 652. The van der Waals surface area contributed by atoms with E-state index in [1.54, 1.807) is 11.3 Å². The summed E-state index contributed by atoms with van der Waals surface area (Å²) in [4.78, 5) is 1.03. The van der Waals surface area contributed by atoms with E-state index in [9.17, 15) is 0 Å². The van der Waals surface area contributed by atoms with Crippen LogP contribution in [-0.2, 0) is 6.42 Å². The summed E-state index contributed by atoms with van der Waals surface area (Å²) in [6, 6.07) is 7.78. The van der Waals surface area contributed by atoms with Crippen LogP contribution in [0.15, 0.2) is 38.6 Å². The van der Waals surface area contributed by atoms with Gasteiger partial charge in [0.15, 0.2) is 11.6 Å². The molecule has 0 saturated carbocycles. The lowest BCUT2D eigenvalue weighted by Crippen LogP contribution is -1.86. The predicted octanol–water partition coefficient (Wildman–Crippen LogP) is 3.81. The summed E-state index contributed by atoms with van der Waals surface area (Å²) in [5.41, 5.74) is 6.68. The zero-order valence-corrected chi connectivity index (χ0v) is 10.7. The van der Waals surface area contributed by atoms with Gasteiger partial charge in [-0.25, -0.2) is 0 Å². The van der Waals surface area contributed by atoms with Gasteiger partial charge in [-0.05, 0) is 23.6 Å². The predicted molar refractivity (Wildman–Crippen MR) is 71.3 cm³/mol. The van der Waals surface area contributed by atoms with E-state index in [1.165, 1.54) is 0 Å². The number of hydrogen-bond donors (Lipinski definition) is 1. The maximum atomic E-state index is 5.87. The summed E-state index contributed by atoms with van der Waals surface area (Å²) in [5.74, 6) is 2.56. The molecule has 3 heterocycles. The molecule has 2 N–H and O–H groups in total. The lowest BCUT2D eigenvalue weighted by molar-refractivity contribution is 0.417. The van der Waals surface area contributed by atoms with Crippen molar-refractivity contribution < 1.29 is 8.94 Å². The fraction of sp³-hybridized carbons (Fsp3) is 0.154. The number of nitrogen functional groups attached to an aromatic ring is 1. The van der Waals surface area contributed by atoms with Crippen molar-refractivity contribution >= 4 is 17.2 Å². The first-order chi connectivity index (χ1) is 8.79. The molecular formula is C13H12N2O2S. The Balaban J connectivity index is 2.13. The summed E-state index contributed by atoms with van der Waals surface area (Å²) >= 11 is 1.59. The van der Waals surface area contributed by atoms with Crippen LogP contribution in [0.3, 0.4) is 0 Å². The van der Waals surface area contributed by atoms with Crippen LogP contribution in [0.5, 0.6) is 0 Å². The molecule has 3 aromatic heterocycles. The van der Waals surface area contributed by atoms with Crippen LogP contribution in [-0.4, -0.2) is 5.16 Å². The smallest absolute Gasteiger partial charge is 0.212 e. The van der Waals surface area contributed by atoms with Gasteiger partial charge in [0.05, 0.1) is 5.56 Å². The number of aryl methyl sites for hydroxylation is 1. The van der Waals surface area contributed by atoms with Gasteiger partial charge in [-0.3, -0.25) is 0 Å². The highest BCUT2D eigenvalue weighted by Crippen LogP contribution is 2.39. The molecule has 0 bridgehead atoms. The molecule has 0 atom stereocenters. The Morgan fingerprint density at radius 3 is 2.89 bits per heavy atom. The van der Waals surface area contributed by atoms with E-state index in [4.69, 9.17) is 14.7 Å². The Hall–Kier alpha value is -2.01. The van der Waals surface area contributed by atoms with Crippen molar-refractivity contribution in [1.82, 2.24) is 5.16 Å². The van der Waals surface area contributed by atoms with Gasteiger partial charge < -0.3 is 14.7 Å². The van der Waals surface area contributed by atoms with Gasteiger partial charge in [0, 0.05) is 11.3 Å². The number of hydrogen-bond acceptors (Lipinski definition) is 5. The molecule has 0 amide bonds. The molecule has 0 radical (unpaired) electrons. The Labute approximate surface area is 108 Å². The lowest BCUT2D eigenvalue weighted by atomic mass is 10.2. The van der Waals surface area contributed by atoms with Gasteiger partial charge in [-0.2, -0.15) is 0 Å². The fourth-order valence-corrected chi connectivity index (χ4v) is 2.60. The normalized spacial score (nSPS) is 10.9. The Morgan fingerprint density at radius 2 is 2.22 bits per heavy atom. The topological polar surface area (TPSA) is 65.2 Å². The second-order valence-corrected chi connectivity index (χ2v) is 4.82. The lowest BCUT2D eigenvalue weighted by Gasteiger charge is -1.96. The highest BCUT2D eigenvalue weighted by molar-refractivity contribution is 7.13. The summed E-state index contributed by atoms with van der Waals surface area (Å²) in [6.07, 6.45) is 0.845. The summed E-state index contributed by atoms with van der Waals surface area (Å²) in [6.45, 7) is 2.04. The first-order valence-electron chi connectivity index (χ1n) is 5.67. The van der Waals surface area contributed by atoms with Crippen LogP contribution in [0.25, 0.3) is 22.0 Å². The molecule has 0 unspecified atom stereocenters. The van der Waals surface area contributed by atoms with Gasteiger partial charge in [0.1, 0.15) is 5.76 Å². The minimum atomic E-state index is 0.391. The molecule has 0 spiro atoms. The molecule has 0 aliphatic rings. The van der Waals surface area contributed by atoms with Crippen LogP contribution in [0.2, 0.25) is 0 Å². The number of anilines is 1. The monoisotopic (exact) mass is 260 g/mol. The average Bonchev–Trinajstić information content (AvgIpc) is 3.07. The number of aromatic nitrogens is 1. The third-order valence-electron chi connectivity index (χ3n) is 2.72. The Morgan fingerprint density at radius 1 is 1.33 bits per heavy atom. The highest BCUT2D eigenvalue weighted by atomic mass is 32.1. The first-order valence-corrected chi connectivity index (χ1v) is 6.55. The molecular weight excluding hydrogens is 248 g/mol. The number of nitrogens with zero attached hydrogens (tertiary/aromatic N) is 1. The van der Waals surface area contributed by atoms with Crippen molar-refractivity contribution in [3.05, 3.63) is 35.4 Å². The SMILES string of the molecule is CCc1ccc(-c2onc(N)c2-c2cccs2)o1. The second kappa shape index (κ2) is 4.34. The minimum absolute atomic E-state index is 0.391. The minimum Gasteiger partial charge on any atom is -0.458 e. The molecule has 5 heteroatoms. The van der Waals surface area contributed by atoms with E-state index in [2.05, 4.69) is 5.16 Å². The third kappa shape index (κ3) is 1.73. The quantitative estimate of drug-likeness (QED) is 0.777. The number of furan rings is 1. The molecule has 0 aromatic carbocycles. The van der Waals surface area contributed by atoms with Crippen molar-refractivity contribution in [3.8, 4) is 22.0 Å². The molecule has 0 aliphatic heterocycles. The van der Waals surface area contributed by atoms with E-state index < -0.39 is 0 Å². The zero-order chi connectivity index (χ0) is 12.5. The summed E-state index contributed by atoms with van der Waals surface area (Å²) in [5, 5.41) is 5.82. The van der Waals surface area contributed by atoms with E-state index in [0.29, 0.717) is 17.3 Å². The molecule has 92 valence electrons. The molecule has 0 aliphatic carbocycles. The molecule has 0 fully saturated rings. The van der Waals surface area contributed by atoms with E-state index in [-0.39, 0.29) is 0 Å². The van der Waals surface area contributed by atoms with E-state index in [0.717, 1.165) is 22.6 Å². The van der Waals surface area contributed by atoms with Gasteiger partial charge in [-0.15, -0.1) is 11.3 Å². The third-order valence-corrected chi connectivity index (χ3v) is 3.61. The van der Waals surface area contributed by atoms with Gasteiger partial charge >= 0.3 is 0 Å². The molecule has 3 aromatic rings. The van der Waals surface area contributed by atoms with Gasteiger partial charge in [-0.1, -0.05) is 18.1 Å². The van der Waals surface area contributed by atoms with Crippen molar-refractivity contribution in [2.45, 2.75) is 13.3 Å². The summed E-state index contributed by atoms with van der Waals surface area (Å²) < 4.78 is 11.0. The van der Waals surface area contributed by atoms with Crippen LogP contribution in [0.1, 0.15) is 12.7 Å². The van der Waals surface area contributed by atoms with Gasteiger partial charge in [0.2, 0.25) is 5.76 Å². The standard InChI is InChI=1S/C13H12N2O2S/c1-2-8-5-6-9(16-8)12-11(13(14)15-17-12)10-4-3-7-18-10/h3-7H,2H2,1H3,(H2,14,15). The van der Waals surface area contributed by atoms with E-state index in [1.807, 2.05) is 36.6 Å². The van der Waals surface area contributed by atoms with Crippen LogP contribution < -0.4 is 5.73 Å². The average molecular weight is 260 g/mol. The second-order valence-electron chi connectivity index (χ2n) is 3.87. The molecule has 18 heavy (non-hydrogen) atoms. The Kier molecular flexibility index (Phi) is 2.68. The van der Waals surface area contributed by atoms with Crippen LogP contribution in [0, 0.1) is 0 Å². The first kappa shape index (κ1) is 11.1. The molecule has 3 rings (SSSR count). The van der Waals surface area contributed by atoms with Crippen molar-refractivity contribution in [2.24, 2.45) is 0 Å². The van der Waals surface area contributed by atoms with Crippen molar-refractivity contribution in [3.63, 3.8) is 0 Å². The fourth-order valence-electron chi connectivity index (χ4n) is 1.82. The number of rotatable bonds is 3. The van der Waals surface area contributed by atoms with Crippen molar-refractivity contribution in [1.29, 1.82) is 0 Å². The molecule has 0 saturated heterocycles. The van der Waals surface area contributed by atoms with Crippen LogP contribution >= 0.6 is 11.3 Å². The summed E-state index contributed by atoms with van der Waals surface area (Å²) in [7, 11) is 0. The zero-order valence-electron chi connectivity index (χ0n) is 9.84. The maximum Gasteiger partial charge on any atom is 0.212 e. The largest absolute Gasteiger partial charge is 0.458 e.